The van der Waals surface area contributed by atoms with E-state index in [1.165, 1.54) is 0 Å². The summed E-state index contributed by atoms with van der Waals surface area (Å²) in [6.07, 6.45) is 3.88. The van der Waals surface area contributed by atoms with Crippen LogP contribution in [0.2, 0.25) is 0 Å². The Balaban J connectivity index is 1.46. The van der Waals surface area contributed by atoms with Crippen molar-refractivity contribution >= 4 is 34.8 Å². The summed E-state index contributed by atoms with van der Waals surface area (Å²) >= 11 is 0. The van der Waals surface area contributed by atoms with Crippen LogP contribution < -0.4 is 16.4 Å². The van der Waals surface area contributed by atoms with E-state index in [0.717, 1.165) is 11.1 Å². The molecule has 4 N–H and O–H groups in total. The minimum Gasteiger partial charge on any atom is -0.366 e. The molecule has 2 heterocycles. The van der Waals surface area contributed by atoms with Crippen molar-refractivity contribution in [3.63, 3.8) is 0 Å². The molecule has 4 aromatic rings. The maximum atomic E-state index is 12.9. The summed E-state index contributed by atoms with van der Waals surface area (Å²) in [5.74, 6) is -0.365. The Hall–Kier alpha value is -4.67. The van der Waals surface area contributed by atoms with E-state index in [0.29, 0.717) is 49.6 Å². The summed E-state index contributed by atoms with van der Waals surface area (Å²) in [7, 11) is 1.75. The highest BCUT2D eigenvalue weighted by Crippen LogP contribution is 2.22. The summed E-state index contributed by atoms with van der Waals surface area (Å²) in [5.41, 5.74) is 8.05. The molecule has 4 amide bonds. The van der Waals surface area contributed by atoms with Gasteiger partial charge in [-0.05, 0) is 37.1 Å². The minimum absolute atomic E-state index is 0.176. The predicted octanol–water partition coefficient (Wildman–Crippen LogP) is 2.84. The molecule has 0 saturated carbocycles. The molecule has 0 bridgehead atoms. The van der Waals surface area contributed by atoms with Crippen molar-refractivity contribution in [2.45, 2.75) is 33.0 Å². The Kier molecular flexibility index (Phi) is 7.82. The SMILES string of the molecule is CCn1ccnc1C(=O)Nc1nc2cc(C(N)=O)ccc2n1CCCNC(=O)N(C)Cc1ccccc1. The lowest BCUT2D eigenvalue weighted by Crippen LogP contribution is -2.37. The number of benzene rings is 2. The molecule has 2 aromatic carbocycles. The van der Waals surface area contributed by atoms with E-state index in [4.69, 9.17) is 5.73 Å². The predicted molar refractivity (Wildman–Crippen MR) is 140 cm³/mol. The molecule has 2 aromatic heterocycles. The highest BCUT2D eigenvalue weighted by Gasteiger charge is 2.18. The number of hydrogen-bond acceptors (Lipinski definition) is 5. The van der Waals surface area contributed by atoms with Crippen LogP contribution in [0.15, 0.2) is 60.9 Å². The third-order valence-corrected chi connectivity index (χ3v) is 5.96. The van der Waals surface area contributed by atoms with Crippen LogP contribution in [-0.4, -0.2) is 55.4 Å². The molecule has 0 fully saturated rings. The van der Waals surface area contributed by atoms with Gasteiger partial charge in [-0.3, -0.25) is 14.9 Å². The van der Waals surface area contributed by atoms with Gasteiger partial charge >= 0.3 is 6.03 Å². The average Bonchev–Trinajstić information content (AvgIpc) is 3.51. The van der Waals surface area contributed by atoms with Crippen molar-refractivity contribution in [1.29, 1.82) is 0 Å². The van der Waals surface area contributed by atoms with Crippen LogP contribution in [0.3, 0.4) is 0 Å². The first-order chi connectivity index (χ1) is 17.9. The first kappa shape index (κ1) is 25.4. The quantitative estimate of drug-likeness (QED) is 0.286. The number of carbonyl (C=O) groups excluding carboxylic acids is 3. The fraction of sp³-hybridized carbons (Fsp3) is 0.269. The average molecular weight is 503 g/mol. The van der Waals surface area contributed by atoms with Crippen molar-refractivity contribution in [3.05, 3.63) is 77.9 Å². The Morgan fingerprint density at radius 1 is 1.11 bits per heavy atom. The number of aryl methyl sites for hydroxylation is 2. The number of amides is 4. The number of rotatable bonds is 10. The third kappa shape index (κ3) is 5.95. The lowest BCUT2D eigenvalue weighted by Gasteiger charge is -2.18. The van der Waals surface area contributed by atoms with Gasteiger partial charge in [0.2, 0.25) is 11.9 Å². The van der Waals surface area contributed by atoms with Crippen LogP contribution in [0.4, 0.5) is 10.7 Å². The number of primary amides is 1. The van der Waals surface area contributed by atoms with Gasteiger partial charge in [0.05, 0.1) is 11.0 Å². The molecule has 0 saturated heterocycles. The Morgan fingerprint density at radius 2 is 1.89 bits per heavy atom. The van der Waals surface area contributed by atoms with E-state index in [9.17, 15) is 14.4 Å². The van der Waals surface area contributed by atoms with Gasteiger partial charge in [0.1, 0.15) is 0 Å². The zero-order valence-corrected chi connectivity index (χ0v) is 20.8. The van der Waals surface area contributed by atoms with Crippen LogP contribution in [0.1, 0.15) is 39.9 Å². The Labute approximate surface area is 214 Å². The maximum Gasteiger partial charge on any atom is 0.317 e. The normalized spacial score (nSPS) is 10.9. The zero-order chi connectivity index (χ0) is 26.4. The van der Waals surface area contributed by atoms with Gasteiger partial charge in [0.25, 0.3) is 5.91 Å². The van der Waals surface area contributed by atoms with Gasteiger partial charge in [0.15, 0.2) is 5.82 Å². The molecular weight excluding hydrogens is 472 g/mol. The number of nitrogens with one attached hydrogen (secondary N) is 2. The largest absolute Gasteiger partial charge is 0.366 e. The molecule has 0 radical (unpaired) electrons. The number of urea groups is 1. The number of nitrogens with two attached hydrogens (primary N) is 1. The van der Waals surface area contributed by atoms with Crippen molar-refractivity contribution in [2.75, 3.05) is 18.9 Å². The van der Waals surface area contributed by atoms with Crippen LogP contribution in [0.25, 0.3) is 11.0 Å². The summed E-state index contributed by atoms with van der Waals surface area (Å²) in [6, 6.07) is 14.6. The molecule has 37 heavy (non-hydrogen) atoms. The van der Waals surface area contributed by atoms with Crippen LogP contribution >= 0.6 is 0 Å². The Morgan fingerprint density at radius 3 is 2.62 bits per heavy atom. The molecule has 0 aliphatic rings. The van der Waals surface area contributed by atoms with E-state index < -0.39 is 11.8 Å². The second-order valence-corrected chi connectivity index (χ2v) is 8.57. The number of hydrogen-bond donors (Lipinski definition) is 3. The van der Waals surface area contributed by atoms with E-state index in [1.807, 2.05) is 41.8 Å². The lowest BCUT2D eigenvalue weighted by molar-refractivity contribution is 0.0995. The summed E-state index contributed by atoms with van der Waals surface area (Å²) in [6.45, 7) is 3.91. The maximum absolute atomic E-state index is 12.9. The summed E-state index contributed by atoms with van der Waals surface area (Å²) in [4.78, 5) is 47.4. The Bertz CT molecular complexity index is 1410. The molecule has 0 aliphatic carbocycles. The van der Waals surface area contributed by atoms with E-state index >= 15 is 0 Å². The number of anilines is 1. The fourth-order valence-electron chi connectivity index (χ4n) is 4.03. The van der Waals surface area contributed by atoms with Crippen LogP contribution in [-0.2, 0) is 19.6 Å². The second-order valence-electron chi connectivity index (χ2n) is 8.57. The number of nitrogens with zero attached hydrogens (tertiary/aromatic N) is 5. The van der Waals surface area contributed by atoms with E-state index in [1.54, 1.807) is 47.1 Å². The third-order valence-electron chi connectivity index (χ3n) is 5.96. The monoisotopic (exact) mass is 502 g/mol. The lowest BCUT2D eigenvalue weighted by atomic mass is 10.2. The topological polar surface area (TPSA) is 140 Å². The van der Waals surface area contributed by atoms with Gasteiger partial charge in [-0.15, -0.1) is 0 Å². The van der Waals surface area contributed by atoms with Crippen molar-refractivity contribution in [2.24, 2.45) is 5.73 Å². The highest BCUT2D eigenvalue weighted by molar-refractivity contribution is 6.02. The second kappa shape index (κ2) is 11.4. The summed E-state index contributed by atoms with van der Waals surface area (Å²) < 4.78 is 3.58. The van der Waals surface area contributed by atoms with Gasteiger partial charge in [-0.1, -0.05) is 30.3 Å². The number of imidazole rings is 2. The zero-order valence-electron chi connectivity index (χ0n) is 20.8. The number of aromatic nitrogens is 4. The smallest absolute Gasteiger partial charge is 0.317 e. The van der Waals surface area contributed by atoms with E-state index in [-0.39, 0.29) is 11.9 Å². The van der Waals surface area contributed by atoms with Crippen molar-refractivity contribution in [3.8, 4) is 0 Å². The van der Waals surface area contributed by atoms with Gasteiger partial charge < -0.3 is 25.1 Å². The first-order valence-corrected chi connectivity index (χ1v) is 12.0. The summed E-state index contributed by atoms with van der Waals surface area (Å²) in [5, 5.41) is 5.77. The fourth-order valence-corrected chi connectivity index (χ4v) is 4.03. The van der Waals surface area contributed by atoms with Gasteiger partial charge in [0, 0.05) is 51.2 Å². The molecule has 11 nitrogen and oxygen atoms in total. The molecule has 11 heteroatoms. The molecule has 4 rings (SSSR count). The van der Waals surface area contributed by atoms with E-state index in [2.05, 4.69) is 20.6 Å². The molecule has 0 atom stereocenters. The molecule has 0 unspecified atom stereocenters. The number of carbonyl (C=O) groups is 3. The van der Waals surface area contributed by atoms with Crippen LogP contribution in [0.5, 0.6) is 0 Å². The van der Waals surface area contributed by atoms with Gasteiger partial charge in [-0.2, -0.15) is 0 Å². The van der Waals surface area contributed by atoms with Crippen molar-refractivity contribution in [1.82, 2.24) is 29.3 Å². The molecule has 0 spiro atoms. The first-order valence-electron chi connectivity index (χ1n) is 12.0. The van der Waals surface area contributed by atoms with Gasteiger partial charge in [-0.25, -0.2) is 14.8 Å². The molecular formula is C26H30N8O3. The molecule has 192 valence electrons. The number of fused-ring (bicyclic) bond motifs is 1. The van der Waals surface area contributed by atoms with Crippen LogP contribution in [0, 0.1) is 0 Å². The van der Waals surface area contributed by atoms with Crippen molar-refractivity contribution < 1.29 is 14.4 Å². The standard InChI is InChI=1S/C26H30N8O3/c1-3-33-15-13-28-23(33)24(36)31-25-30-20-16-19(22(27)35)10-11-21(20)34(25)14-7-12-29-26(37)32(2)17-18-8-5-4-6-9-18/h4-6,8-11,13,15-16H,3,7,12,14,17H2,1-2H3,(H2,27,35)(H,29,37)(H,30,31,36). The molecule has 0 aliphatic heterocycles. The highest BCUT2D eigenvalue weighted by atomic mass is 16.2. The minimum atomic E-state index is -0.561.